The van der Waals surface area contributed by atoms with Crippen molar-refractivity contribution in [3.05, 3.63) is 40.4 Å². The van der Waals surface area contributed by atoms with Gasteiger partial charge < -0.3 is 36.1 Å². The van der Waals surface area contributed by atoms with Crippen LogP contribution in [0.4, 0.5) is 5.69 Å². The number of amides is 5. The Balaban J connectivity index is 1.11. The quantitative estimate of drug-likeness (QED) is 0.171. The largest absolute Gasteiger partial charge is 0.369 e. The lowest BCUT2D eigenvalue weighted by molar-refractivity contribution is -0.147. The van der Waals surface area contributed by atoms with E-state index in [0.717, 1.165) is 36.7 Å². The summed E-state index contributed by atoms with van der Waals surface area (Å²) in [7, 11) is 0. The molecule has 3 atom stereocenters. The van der Waals surface area contributed by atoms with Gasteiger partial charge in [0.25, 0.3) is 11.5 Å². The fraction of sp³-hybridized carbons (Fsp3) is 0.606. The van der Waals surface area contributed by atoms with Crippen molar-refractivity contribution in [1.82, 2.24) is 30.7 Å². The van der Waals surface area contributed by atoms with Crippen molar-refractivity contribution < 1.29 is 33.3 Å². The number of nitrogens with two attached hydrogens (primary N) is 1. The van der Waals surface area contributed by atoms with E-state index in [-0.39, 0.29) is 72.6 Å². The number of hydrogen-bond donors (Lipinski definition) is 5. The normalized spacial score (nSPS) is 26.3. The van der Waals surface area contributed by atoms with E-state index in [2.05, 4.69) is 31.4 Å². The van der Waals surface area contributed by atoms with Gasteiger partial charge in [0.15, 0.2) is 5.82 Å². The summed E-state index contributed by atoms with van der Waals surface area (Å²) in [5.41, 5.74) is 4.21. The highest BCUT2D eigenvalue weighted by molar-refractivity contribution is 6.36. The van der Waals surface area contributed by atoms with Gasteiger partial charge in [0.2, 0.25) is 23.5 Å². The molecule has 0 radical (unpaired) electrons. The summed E-state index contributed by atoms with van der Waals surface area (Å²) >= 11 is 0. The van der Waals surface area contributed by atoms with Crippen LogP contribution in [0.1, 0.15) is 88.1 Å². The van der Waals surface area contributed by atoms with Gasteiger partial charge in [-0.2, -0.15) is 4.98 Å². The molecule has 0 aromatic carbocycles. The van der Waals surface area contributed by atoms with Gasteiger partial charge in [-0.25, -0.2) is 0 Å². The van der Waals surface area contributed by atoms with Gasteiger partial charge in [0.05, 0.1) is 0 Å². The van der Waals surface area contributed by atoms with Gasteiger partial charge in [-0.15, -0.1) is 0 Å². The minimum Gasteiger partial charge on any atom is -0.369 e. The van der Waals surface area contributed by atoms with Crippen LogP contribution >= 0.6 is 0 Å². The van der Waals surface area contributed by atoms with Crippen LogP contribution in [-0.2, 0) is 35.9 Å². The van der Waals surface area contributed by atoms with Gasteiger partial charge in [0, 0.05) is 36.0 Å². The van der Waals surface area contributed by atoms with Crippen LogP contribution in [-0.4, -0.2) is 68.7 Å². The Bertz CT molecular complexity index is 1730. The number of primary amides is 1. The van der Waals surface area contributed by atoms with Crippen LogP contribution < -0.4 is 32.6 Å². The van der Waals surface area contributed by atoms with Crippen molar-refractivity contribution in [3.8, 4) is 0 Å². The molecule has 5 saturated carbocycles. The average Bonchev–Trinajstić information content (AvgIpc) is 3.59. The fourth-order valence-corrected chi connectivity index (χ4v) is 8.03. The first-order valence-corrected chi connectivity index (χ1v) is 16.9. The Morgan fingerprint density at radius 3 is 2.47 bits per heavy atom. The monoisotopic (exact) mass is 678 g/mol. The zero-order chi connectivity index (χ0) is 35.1. The molecule has 0 aliphatic heterocycles. The molecule has 5 amide bonds. The number of carbonyl (C=O) groups is 6. The molecule has 7 rings (SSSR count). The third kappa shape index (κ3) is 6.99. The number of likely N-dealkylation sites (N-methyl/N-ethyl adjacent to an activating group) is 1. The third-order valence-corrected chi connectivity index (χ3v) is 10.7. The molecule has 0 spiro atoms. The number of Topliss-reactive ketones (excluding diaryl/α,β-unsaturated/α-hetero) is 1. The number of rotatable bonds is 14. The summed E-state index contributed by atoms with van der Waals surface area (Å²) < 4.78 is 6.28. The summed E-state index contributed by atoms with van der Waals surface area (Å²) in [5, 5.41) is 14.3. The van der Waals surface area contributed by atoms with Gasteiger partial charge in [0.1, 0.15) is 18.3 Å². The van der Waals surface area contributed by atoms with E-state index in [9.17, 15) is 33.6 Å². The molecule has 2 unspecified atom stereocenters. The minimum atomic E-state index is -1.37. The second-order valence-corrected chi connectivity index (χ2v) is 14.4. The van der Waals surface area contributed by atoms with Crippen molar-refractivity contribution in [1.29, 1.82) is 0 Å². The van der Waals surface area contributed by atoms with Crippen molar-refractivity contribution in [2.24, 2.45) is 28.9 Å². The summed E-state index contributed by atoms with van der Waals surface area (Å²) in [5.74, 6) is -3.20. The van der Waals surface area contributed by atoms with Crippen LogP contribution in [0, 0.1) is 23.2 Å². The van der Waals surface area contributed by atoms with E-state index in [4.69, 9.17) is 10.3 Å². The van der Waals surface area contributed by atoms with Crippen molar-refractivity contribution in [2.45, 2.75) is 95.7 Å². The van der Waals surface area contributed by atoms with E-state index >= 15 is 0 Å². The molecule has 16 nitrogen and oxygen atoms in total. The molecule has 6 N–H and O–H groups in total. The molecule has 49 heavy (non-hydrogen) atoms. The van der Waals surface area contributed by atoms with Crippen molar-refractivity contribution in [3.63, 3.8) is 0 Å². The number of carbonyl (C=O) groups excluding carboxylic acids is 6. The topological polar surface area (TPSA) is 237 Å². The summed E-state index contributed by atoms with van der Waals surface area (Å²) in [4.78, 5) is 93.9. The lowest BCUT2D eigenvalue weighted by Crippen LogP contribution is -2.62. The van der Waals surface area contributed by atoms with E-state index in [1.54, 1.807) is 6.92 Å². The molecule has 2 heterocycles. The molecule has 262 valence electrons. The molecule has 5 aliphatic carbocycles. The number of nitrogens with zero attached hydrogens (tertiary/aromatic N) is 3. The smallest absolute Gasteiger partial charge is 0.315 e. The molecular weight excluding hydrogens is 636 g/mol. The third-order valence-electron chi connectivity index (χ3n) is 10.7. The zero-order valence-corrected chi connectivity index (χ0v) is 27.6. The van der Waals surface area contributed by atoms with Gasteiger partial charge in [-0.1, -0.05) is 12.1 Å². The van der Waals surface area contributed by atoms with Crippen LogP contribution in [0.15, 0.2) is 27.6 Å². The summed E-state index contributed by atoms with van der Waals surface area (Å²) in [6.07, 6.45) is 6.45. The highest BCUT2D eigenvalue weighted by atomic mass is 16.5. The Kier molecular flexibility index (Phi) is 9.15. The number of pyridine rings is 1. The maximum absolute atomic E-state index is 13.5. The van der Waals surface area contributed by atoms with Crippen molar-refractivity contribution in [2.75, 3.05) is 11.9 Å². The first kappa shape index (κ1) is 34.0. The van der Waals surface area contributed by atoms with E-state index in [1.807, 2.05) is 6.92 Å². The standard InChI is InChI=1S/C33H42N8O8/c1-3-35-26(45)22(42)7-6-20(36-27(46)28-39-31(40-49-28)32(2)8-9-32)25(44)37-21-5-4-10-41(29(21)47)16-23(43)38-24-18-11-17-12-19(24)15-33(13-17,14-18)30(34)48/h4-5,10,17-20,24H,3,6-9,11-16H2,1-2H3,(H2,34,48)(H,35,45)(H,36,46)(H,37,44)(H,38,43)/t17?,18?,19?,20-,24?,33?/m0/s1. The van der Waals surface area contributed by atoms with Gasteiger partial charge in [-0.05, 0) is 88.2 Å². The highest BCUT2D eigenvalue weighted by Crippen LogP contribution is 2.59. The molecule has 16 heteroatoms. The van der Waals surface area contributed by atoms with Gasteiger partial charge >= 0.3 is 11.8 Å². The van der Waals surface area contributed by atoms with E-state index in [1.165, 1.54) is 18.3 Å². The SMILES string of the molecule is CCNC(=O)C(=O)CC[C@H](NC(=O)c1nc(C2(C)CC2)no1)C(=O)Nc1cccn(CC(=O)NC2C3CC4CC2CC(C(N)=O)(C4)C3)c1=O. The number of ketones is 1. The fourth-order valence-electron chi connectivity index (χ4n) is 8.03. The molecule has 5 aliphatic rings. The van der Waals surface area contributed by atoms with Crippen LogP contribution in [0.3, 0.4) is 0 Å². The Hall–Kier alpha value is -4.89. The van der Waals surface area contributed by atoms with Crippen LogP contribution in [0.25, 0.3) is 0 Å². The molecule has 5 fully saturated rings. The number of aromatic nitrogens is 3. The lowest BCUT2D eigenvalue weighted by atomic mass is 9.47. The zero-order valence-electron chi connectivity index (χ0n) is 27.6. The molecular formula is C33H42N8O8. The van der Waals surface area contributed by atoms with E-state index in [0.29, 0.717) is 24.6 Å². The van der Waals surface area contributed by atoms with Gasteiger partial charge in [-0.3, -0.25) is 33.6 Å². The second-order valence-electron chi connectivity index (χ2n) is 14.4. The van der Waals surface area contributed by atoms with E-state index < -0.39 is 40.5 Å². The first-order valence-electron chi connectivity index (χ1n) is 16.9. The number of anilines is 1. The lowest BCUT2D eigenvalue weighted by Gasteiger charge is -2.58. The second kappa shape index (κ2) is 13.2. The van der Waals surface area contributed by atoms with Crippen molar-refractivity contribution >= 4 is 41.0 Å². The molecule has 4 bridgehead atoms. The first-order chi connectivity index (χ1) is 23.3. The summed E-state index contributed by atoms with van der Waals surface area (Å²) in [6, 6.07) is 1.38. The maximum Gasteiger partial charge on any atom is 0.315 e. The molecule has 0 saturated heterocycles. The predicted molar refractivity (Wildman–Crippen MR) is 172 cm³/mol. The van der Waals surface area contributed by atoms with Crippen LogP contribution in [0.5, 0.6) is 0 Å². The maximum atomic E-state index is 13.5. The minimum absolute atomic E-state index is 0.108. The molecule has 2 aromatic rings. The summed E-state index contributed by atoms with van der Waals surface area (Å²) in [6.45, 7) is 3.52. The number of hydrogen-bond acceptors (Lipinski definition) is 10. The molecule has 2 aromatic heterocycles. The Morgan fingerprint density at radius 1 is 1.10 bits per heavy atom. The predicted octanol–water partition coefficient (Wildman–Crippen LogP) is 0.302. The highest BCUT2D eigenvalue weighted by Gasteiger charge is 2.58. The van der Waals surface area contributed by atoms with Crippen LogP contribution in [0.2, 0.25) is 0 Å². The number of nitrogens with one attached hydrogen (secondary N) is 4. The Labute approximate surface area is 281 Å². The average molecular weight is 679 g/mol. The Morgan fingerprint density at radius 2 is 1.82 bits per heavy atom.